The van der Waals surface area contributed by atoms with E-state index in [4.69, 9.17) is 5.73 Å². The molecule has 0 amide bonds. The highest BCUT2D eigenvalue weighted by molar-refractivity contribution is 6.29. The minimum absolute atomic E-state index is 0.484. The summed E-state index contributed by atoms with van der Waals surface area (Å²) in [5, 5.41) is 0. The highest BCUT2D eigenvalue weighted by atomic mass is 28.1. The zero-order chi connectivity index (χ0) is 7.84. The van der Waals surface area contributed by atoms with Gasteiger partial charge in [-0.3, -0.25) is 0 Å². The molecule has 56 valence electrons. The highest BCUT2D eigenvalue weighted by Gasteiger charge is 2.02. The van der Waals surface area contributed by atoms with Crippen molar-refractivity contribution in [1.82, 2.24) is 19.9 Å². The van der Waals surface area contributed by atoms with E-state index < -0.39 is 0 Å². The molecule has 0 fully saturated rings. The zero-order valence-electron chi connectivity index (χ0n) is 6.00. The summed E-state index contributed by atoms with van der Waals surface area (Å²) in [5.41, 5.74) is 7.76. The molecule has 0 aliphatic heterocycles. The fourth-order valence-electron chi connectivity index (χ4n) is 0.969. The van der Waals surface area contributed by atoms with Crippen molar-refractivity contribution in [3.8, 4) is 0 Å². The van der Waals surface area contributed by atoms with Gasteiger partial charge < -0.3 is 10.7 Å². The van der Waals surface area contributed by atoms with E-state index in [1.54, 1.807) is 6.33 Å². The van der Waals surface area contributed by atoms with Crippen LogP contribution in [0.1, 0.15) is 0 Å². The topological polar surface area (TPSA) is 80.5 Å². The predicted octanol–water partition coefficient (Wildman–Crippen LogP) is -2.07. The van der Waals surface area contributed by atoms with Gasteiger partial charge in [-0.1, -0.05) is 0 Å². The second-order valence-corrected chi connectivity index (χ2v) is 3.15. The van der Waals surface area contributed by atoms with Crippen molar-refractivity contribution in [2.24, 2.45) is 0 Å². The molecule has 0 radical (unpaired) electrons. The van der Waals surface area contributed by atoms with Crippen molar-refractivity contribution in [2.75, 3.05) is 5.73 Å². The van der Waals surface area contributed by atoms with E-state index in [2.05, 4.69) is 19.9 Å². The Bertz CT molecular complexity index is 395. The van der Waals surface area contributed by atoms with Gasteiger partial charge in [-0.15, -0.1) is 0 Å². The number of hydrogen-bond acceptors (Lipinski definition) is 4. The molecule has 2 aromatic heterocycles. The number of hydrogen-bond donors (Lipinski definition) is 2. The standard InChI is InChI=1S/C5H7N5Si/c6-3-2-4(8-1-7-2)10-5(11)9-3/h1H,11H3,(H3,6,7,8,9,10). The van der Waals surface area contributed by atoms with Gasteiger partial charge in [0, 0.05) is 0 Å². The Labute approximate surface area is 65.5 Å². The second kappa shape index (κ2) is 2.02. The lowest BCUT2D eigenvalue weighted by atomic mass is 10.5. The molecule has 0 saturated carbocycles. The third kappa shape index (κ3) is 0.873. The van der Waals surface area contributed by atoms with Crippen LogP contribution in [0.5, 0.6) is 0 Å². The Morgan fingerprint density at radius 3 is 3.09 bits per heavy atom. The molecule has 0 atom stereocenters. The van der Waals surface area contributed by atoms with Crippen LogP contribution >= 0.6 is 0 Å². The first-order valence-corrected chi connectivity index (χ1v) is 4.20. The van der Waals surface area contributed by atoms with Gasteiger partial charge in [0.2, 0.25) is 0 Å². The molecule has 2 heterocycles. The van der Waals surface area contributed by atoms with Crippen molar-refractivity contribution >= 4 is 32.7 Å². The summed E-state index contributed by atoms with van der Waals surface area (Å²) in [6.45, 7) is 0. The van der Waals surface area contributed by atoms with Gasteiger partial charge in [0.25, 0.3) is 0 Å². The Balaban J connectivity index is 2.91. The number of anilines is 1. The molecule has 0 aromatic carbocycles. The minimum Gasteiger partial charge on any atom is -0.382 e. The average Bonchev–Trinajstić information content (AvgIpc) is 2.34. The first-order chi connectivity index (χ1) is 5.27. The fraction of sp³-hybridized carbons (Fsp3) is 0. The van der Waals surface area contributed by atoms with Crippen molar-refractivity contribution in [3.63, 3.8) is 0 Å². The third-order valence-corrected chi connectivity index (χ3v) is 1.87. The van der Waals surface area contributed by atoms with Gasteiger partial charge >= 0.3 is 0 Å². The maximum Gasteiger partial charge on any atom is 0.182 e. The van der Waals surface area contributed by atoms with Crippen LogP contribution < -0.4 is 11.2 Å². The predicted molar refractivity (Wildman–Crippen MR) is 45.7 cm³/mol. The number of aromatic nitrogens is 4. The molecule has 3 N–H and O–H groups in total. The molecule has 2 rings (SSSR count). The second-order valence-electron chi connectivity index (χ2n) is 2.26. The van der Waals surface area contributed by atoms with E-state index in [1.807, 2.05) is 0 Å². The van der Waals surface area contributed by atoms with E-state index in [0.717, 1.165) is 21.2 Å². The van der Waals surface area contributed by atoms with Crippen LogP contribution in [-0.4, -0.2) is 30.2 Å². The first kappa shape index (κ1) is 6.29. The molecule has 11 heavy (non-hydrogen) atoms. The van der Waals surface area contributed by atoms with Crippen molar-refractivity contribution < 1.29 is 0 Å². The minimum atomic E-state index is 0.484. The van der Waals surface area contributed by atoms with Crippen molar-refractivity contribution in [3.05, 3.63) is 6.33 Å². The Hall–Kier alpha value is -1.43. The van der Waals surface area contributed by atoms with Gasteiger partial charge in [0.1, 0.15) is 11.0 Å². The summed E-state index contributed by atoms with van der Waals surface area (Å²) >= 11 is 0. The van der Waals surface area contributed by atoms with E-state index in [9.17, 15) is 0 Å². The lowest BCUT2D eigenvalue weighted by molar-refractivity contribution is 1.27. The zero-order valence-corrected chi connectivity index (χ0v) is 8.00. The number of aromatic amines is 1. The van der Waals surface area contributed by atoms with Crippen LogP contribution in [0.3, 0.4) is 0 Å². The summed E-state index contributed by atoms with van der Waals surface area (Å²) in [7, 11) is 0.797. The molecular formula is C5H7N5Si. The fourth-order valence-corrected chi connectivity index (χ4v) is 1.42. The number of nitrogen functional groups attached to an aromatic ring is 1. The number of nitrogens with two attached hydrogens (primary N) is 1. The van der Waals surface area contributed by atoms with Crippen LogP contribution in [-0.2, 0) is 0 Å². The highest BCUT2D eigenvalue weighted by Crippen LogP contribution is 2.08. The monoisotopic (exact) mass is 165 g/mol. The maximum absolute atomic E-state index is 5.60. The average molecular weight is 165 g/mol. The first-order valence-electron chi connectivity index (χ1n) is 3.20. The normalized spacial score (nSPS) is 10.9. The molecular weight excluding hydrogens is 158 g/mol. The summed E-state index contributed by atoms with van der Waals surface area (Å²) in [5.74, 6) is 0.484. The molecule has 0 aliphatic rings. The number of nitrogens with zero attached hydrogens (tertiary/aromatic N) is 3. The molecule has 2 aromatic rings. The summed E-state index contributed by atoms with van der Waals surface area (Å²) in [6.07, 6.45) is 1.57. The van der Waals surface area contributed by atoms with E-state index in [1.165, 1.54) is 0 Å². The van der Waals surface area contributed by atoms with E-state index >= 15 is 0 Å². The summed E-state index contributed by atoms with van der Waals surface area (Å²) in [4.78, 5) is 15.0. The Morgan fingerprint density at radius 1 is 1.45 bits per heavy atom. The van der Waals surface area contributed by atoms with Crippen LogP contribution in [0.25, 0.3) is 11.2 Å². The molecule has 0 unspecified atom stereocenters. The number of fused-ring (bicyclic) bond motifs is 1. The number of H-pyrrole nitrogens is 1. The van der Waals surface area contributed by atoms with Gasteiger partial charge in [-0.05, 0) is 0 Å². The van der Waals surface area contributed by atoms with Crippen molar-refractivity contribution in [1.29, 1.82) is 0 Å². The lowest BCUT2D eigenvalue weighted by Gasteiger charge is -1.94. The Morgan fingerprint density at radius 2 is 2.27 bits per heavy atom. The summed E-state index contributed by atoms with van der Waals surface area (Å²) < 4.78 is 0. The number of nitrogens with one attached hydrogen (secondary N) is 1. The van der Waals surface area contributed by atoms with E-state index in [-0.39, 0.29) is 0 Å². The quantitative estimate of drug-likeness (QED) is 0.439. The number of imidazole rings is 1. The molecule has 6 heteroatoms. The van der Waals surface area contributed by atoms with Crippen LogP contribution in [0.15, 0.2) is 6.33 Å². The van der Waals surface area contributed by atoms with Gasteiger partial charge in [0.15, 0.2) is 11.5 Å². The maximum atomic E-state index is 5.60. The smallest absolute Gasteiger partial charge is 0.182 e. The number of rotatable bonds is 0. The molecule has 0 spiro atoms. The van der Waals surface area contributed by atoms with Gasteiger partial charge in [-0.25, -0.2) is 15.0 Å². The Kier molecular flexibility index (Phi) is 1.16. The molecule has 0 aliphatic carbocycles. The molecule has 0 bridgehead atoms. The lowest BCUT2D eigenvalue weighted by Crippen LogP contribution is -2.15. The van der Waals surface area contributed by atoms with Gasteiger partial charge in [0.05, 0.1) is 16.6 Å². The molecule has 5 nitrogen and oxygen atoms in total. The van der Waals surface area contributed by atoms with Crippen LogP contribution in [0.2, 0.25) is 0 Å². The SMILES string of the molecule is Nc1nc([SiH3])nc2nc[nH]c12. The van der Waals surface area contributed by atoms with E-state index in [0.29, 0.717) is 11.5 Å². The van der Waals surface area contributed by atoms with Crippen molar-refractivity contribution in [2.45, 2.75) is 0 Å². The third-order valence-electron chi connectivity index (χ3n) is 1.43. The van der Waals surface area contributed by atoms with Crippen LogP contribution in [0, 0.1) is 0 Å². The summed E-state index contributed by atoms with van der Waals surface area (Å²) in [6, 6.07) is 0. The van der Waals surface area contributed by atoms with Gasteiger partial charge in [-0.2, -0.15) is 0 Å². The van der Waals surface area contributed by atoms with Crippen LogP contribution in [0.4, 0.5) is 5.82 Å². The molecule has 0 saturated heterocycles. The largest absolute Gasteiger partial charge is 0.382 e.